The second-order valence-corrected chi connectivity index (χ2v) is 8.68. The van der Waals surface area contributed by atoms with E-state index in [9.17, 15) is 0 Å². The number of likely N-dealkylation sites (N-methyl/N-ethyl adjacent to an activating group) is 1. The van der Waals surface area contributed by atoms with Crippen LogP contribution in [-0.2, 0) is 0 Å². The molecule has 1 fully saturated rings. The normalized spacial score (nSPS) is 15.5. The Morgan fingerprint density at radius 1 is 1.00 bits per heavy atom. The third-order valence-corrected chi connectivity index (χ3v) is 6.16. The van der Waals surface area contributed by atoms with Gasteiger partial charge in [-0.15, -0.1) is 11.3 Å². The van der Waals surface area contributed by atoms with E-state index in [4.69, 9.17) is 4.99 Å². The van der Waals surface area contributed by atoms with Crippen molar-refractivity contribution in [3.05, 3.63) is 68.7 Å². The van der Waals surface area contributed by atoms with Gasteiger partial charge in [-0.1, -0.05) is 40.2 Å². The summed E-state index contributed by atoms with van der Waals surface area (Å²) in [6.07, 6.45) is 0. The number of hydrogen-bond acceptors (Lipinski definition) is 4. The molecule has 3 aromatic rings. The summed E-state index contributed by atoms with van der Waals surface area (Å²) in [5.74, 6) is 0. The van der Waals surface area contributed by atoms with Crippen molar-refractivity contribution < 1.29 is 17.0 Å². The number of nitrogens with zero attached hydrogens (tertiary/aromatic N) is 4. The highest BCUT2D eigenvalue weighted by Crippen LogP contribution is 2.24. The molecule has 2 aromatic carbocycles. The van der Waals surface area contributed by atoms with Gasteiger partial charge in [0.2, 0.25) is 4.80 Å². The maximum Gasteiger partial charge on any atom is 0.209 e. The summed E-state index contributed by atoms with van der Waals surface area (Å²) in [5, 5.41) is 4.64. The molecule has 0 radical (unpaired) electrons. The van der Waals surface area contributed by atoms with E-state index in [1.165, 1.54) is 16.8 Å². The van der Waals surface area contributed by atoms with Crippen molar-refractivity contribution in [1.29, 1.82) is 0 Å². The van der Waals surface area contributed by atoms with E-state index in [-0.39, 0.29) is 17.0 Å². The van der Waals surface area contributed by atoms with E-state index >= 15 is 0 Å². The van der Waals surface area contributed by atoms with Crippen LogP contribution in [0.15, 0.2) is 63.4 Å². The third-order valence-electron chi connectivity index (χ3n) is 4.81. The molecule has 1 saturated heterocycles. The zero-order valence-electron chi connectivity index (χ0n) is 16.0. The fraction of sp³-hybridized carbons (Fsp3) is 0.286. The van der Waals surface area contributed by atoms with Crippen molar-refractivity contribution in [3.8, 4) is 11.3 Å². The Kier molecular flexibility index (Phi) is 7.15. The van der Waals surface area contributed by atoms with Crippen LogP contribution in [0.2, 0.25) is 0 Å². The van der Waals surface area contributed by atoms with Gasteiger partial charge in [-0.05, 0) is 43.8 Å². The monoisotopic (exact) mass is 521 g/mol. The van der Waals surface area contributed by atoms with Gasteiger partial charge in [-0.3, -0.25) is 0 Å². The topological polar surface area (TPSA) is 23.8 Å². The second kappa shape index (κ2) is 9.39. The minimum Gasteiger partial charge on any atom is -1.00 e. The number of aryl methyl sites for hydroxylation is 1. The van der Waals surface area contributed by atoms with Gasteiger partial charge in [0.05, 0.1) is 11.4 Å². The van der Waals surface area contributed by atoms with Gasteiger partial charge < -0.3 is 26.9 Å². The van der Waals surface area contributed by atoms with E-state index in [1.807, 2.05) is 0 Å². The lowest BCUT2D eigenvalue weighted by Gasteiger charge is -2.35. The van der Waals surface area contributed by atoms with E-state index in [2.05, 4.69) is 98.4 Å². The SMILES string of the molecule is Cc1cccc(N=c2scc(-c3ccc(Br)cc3)n2N2CCN(C)CC2)c1.[Br-]. The summed E-state index contributed by atoms with van der Waals surface area (Å²) < 4.78 is 3.40. The Balaban J connectivity index is 0.00000225. The minimum atomic E-state index is 0. The molecule has 148 valence electrons. The van der Waals surface area contributed by atoms with Gasteiger partial charge >= 0.3 is 0 Å². The molecule has 28 heavy (non-hydrogen) atoms. The summed E-state index contributed by atoms with van der Waals surface area (Å²) in [6, 6.07) is 16.9. The molecule has 1 aliphatic heterocycles. The van der Waals surface area contributed by atoms with Gasteiger partial charge in [0.25, 0.3) is 0 Å². The first-order valence-corrected chi connectivity index (χ1v) is 10.8. The molecule has 2 heterocycles. The van der Waals surface area contributed by atoms with Crippen LogP contribution in [0.5, 0.6) is 0 Å². The molecule has 1 aliphatic rings. The fourth-order valence-electron chi connectivity index (χ4n) is 3.27. The van der Waals surface area contributed by atoms with Crippen molar-refractivity contribution in [2.75, 3.05) is 38.2 Å². The summed E-state index contributed by atoms with van der Waals surface area (Å²) in [6.45, 7) is 6.23. The van der Waals surface area contributed by atoms with Crippen molar-refractivity contribution >= 4 is 33.0 Å². The molecule has 4 rings (SSSR count). The maximum absolute atomic E-state index is 4.98. The molecule has 0 unspecified atom stereocenters. The van der Waals surface area contributed by atoms with Gasteiger partial charge in [0.1, 0.15) is 0 Å². The molecule has 0 bridgehead atoms. The van der Waals surface area contributed by atoms with Crippen LogP contribution in [0.3, 0.4) is 0 Å². The Bertz CT molecular complexity index is 986. The van der Waals surface area contributed by atoms with E-state index in [0.29, 0.717) is 0 Å². The summed E-state index contributed by atoms with van der Waals surface area (Å²) >= 11 is 5.24. The predicted octanol–water partition coefficient (Wildman–Crippen LogP) is 1.41. The van der Waals surface area contributed by atoms with Gasteiger partial charge in [0.15, 0.2) is 0 Å². The summed E-state index contributed by atoms with van der Waals surface area (Å²) in [5.41, 5.74) is 4.64. The number of rotatable bonds is 3. The fourth-order valence-corrected chi connectivity index (χ4v) is 4.46. The molecule has 0 atom stereocenters. The first-order valence-electron chi connectivity index (χ1n) is 9.12. The highest BCUT2D eigenvalue weighted by atomic mass is 79.9. The molecule has 0 N–H and O–H groups in total. The smallest absolute Gasteiger partial charge is 0.209 e. The van der Waals surface area contributed by atoms with E-state index in [0.717, 1.165) is 41.1 Å². The van der Waals surface area contributed by atoms with Crippen molar-refractivity contribution in [1.82, 2.24) is 9.58 Å². The third kappa shape index (κ3) is 4.76. The number of halogens is 2. The number of hydrogen-bond donors (Lipinski definition) is 0. The van der Waals surface area contributed by atoms with E-state index < -0.39 is 0 Å². The molecule has 4 nitrogen and oxygen atoms in total. The number of thiazole rings is 1. The number of benzene rings is 2. The predicted molar refractivity (Wildman–Crippen MR) is 117 cm³/mol. The van der Waals surface area contributed by atoms with Gasteiger partial charge in [-0.2, -0.15) is 0 Å². The molecule has 1 aromatic heterocycles. The van der Waals surface area contributed by atoms with Crippen LogP contribution in [-0.4, -0.2) is 42.8 Å². The lowest BCUT2D eigenvalue weighted by Crippen LogP contribution is -3.00. The van der Waals surface area contributed by atoms with Crippen LogP contribution in [0.25, 0.3) is 11.3 Å². The van der Waals surface area contributed by atoms with Crippen LogP contribution in [0.4, 0.5) is 5.69 Å². The first-order chi connectivity index (χ1) is 13.1. The molecule has 7 heteroatoms. The maximum atomic E-state index is 4.98. The van der Waals surface area contributed by atoms with Crippen LogP contribution < -0.4 is 26.8 Å². The Morgan fingerprint density at radius 3 is 2.39 bits per heavy atom. The molecule has 0 aliphatic carbocycles. The Hall–Kier alpha value is -1.41. The second-order valence-electron chi connectivity index (χ2n) is 6.93. The van der Waals surface area contributed by atoms with Crippen LogP contribution in [0.1, 0.15) is 5.56 Å². The van der Waals surface area contributed by atoms with Gasteiger partial charge in [-0.25, -0.2) is 9.67 Å². The number of piperazine rings is 1. The number of aromatic nitrogens is 1. The zero-order valence-corrected chi connectivity index (χ0v) is 20.0. The Morgan fingerprint density at radius 2 is 1.71 bits per heavy atom. The van der Waals surface area contributed by atoms with Crippen LogP contribution >= 0.6 is 27.3 Å². The highest BCUT2D eigenvalue weighted by molar-refractivity contribution is 9.10. The van der Waals surface area contributed by atoms with Gasteiger partial charge in [0, 0.05) is 41.6 Å². The quantitative estimate of drug-likeness (QED) is 0.519. The molecule has 0 amide bonds. The van der Waals surface area contributed by atoms with E-state index in [1.54, 1.807) is 11.3 Å². The van der Waals surface area contributed by atoms with Crippen molar-refractivity contribution in [2.45, 2.75) is 6.92 Å². The molecular formula is C21H23Br2N4S-. The largest absolute Gasteiger partial charge is 1.00 e. The zero-order chi connectivity index (χ0) is 18.8. The molecule has 0 spiro atoms. The summed E-state index contributed by atoms with van der Waals surface area (Å²) in [7, 11) is 2.18. The standard InChI is InChI=1S/C21H23BrN4S.BrH/c1-16-4-3-5-19(14-16)23-21-26(25-12-10-24(2)11-13-25)20(15-27-21)17-6-8-18(22)9-7-17;/h3-9,14-15H,10-13H2,1-2H3;1H/p-1. The van der Waals surface area contributed by atoms with Crippen molar-refractivity contribution in [3.63, 3.8) is 0 Å². The lowest BCUT2D eigenvalue weighted by molar-refractivity contribution is -0.00000539. The highest BCUT2D eigenvalue weighted by Gasteiger charge is 2.19. The van der Waals surface area contributed by atoms with Crippen LogP contribution in [0, 0.1) is 6.92 Å². The molecule has 0 saturated carbocycles. The first kappa shape index (κ1) is 21.3. The average Bonchev–Trinajstić information content (AvgIpc) is 3.06. The van der Waals surface area contributed by atoms with Crippen molar-refractivity contribution in [2.24, 2.45) is 4.99 Å². The minimum absolute atomic E-state index is 0. The molecular weight excluding hydrogens is 500 g/mol. The average molecular weight is 523 g/mol. The summed E-state index contributed by atoms with van der Waals surface area (Å²) in [4.78, 5) is 8.37. The Labute approximate surface area is 189 Å². The lowest BCUT2D eigenvalue weighted by atomic mass is 10.2.